The van der Waals surface area contributed by atoms with E-state index in [1.165, 1.54) is 16.8 Å². The molecule has 1 unspecified atom stereocenters. The summed E-state index contributed by atoms with van der Waals surface area (Å²) in [4.78, 5) is 9.25. The van der Waals surface area contributed by atoms with E-state index in [1.54, 1.807) is 7.11 Å². The van der Waals surface area contributed by atoms with Crippen LogP contribution in [0.15, 0.2) is 30.5 Å². The summed E-state index contributed by atoms with van der Waals surface area (Å²) < 4.78 is 5.17. The molecular formula is C17H21N3O. The van der Waals surface area contributed by atoms with Gasteiger partial charge in [0.2, 0.25) is 0 Å². The fraction of sp³-hybridized carbons (Fsp3) is 0.412. The molecule has 0 saturated heterocycles. The average Bonchev–Trinajstić information content (AvgIpc) is 2.55. The number of methoxy groups -OCH3 is 1. The highest BCUT2D eigenvalue weighted by molar-refractivity contribution is 5.29. The molecular weight excluding hydrogens is 262 g/mol. The quantitative estimate of drug-likeness (QED) is 0.934. The minimum atomic E-state index is 0.591. The molecule has 0 aliphatic heterocycles. The summed E-state index contributed by atoms with van der Waals surface area (Å²) in [5, 5.41) is 0. The lowest BCUT2D eigenvalue weighted by molar-refractivity contribution is 0.414. The molecule has 0 fully saturated rings. The van der Waals surface area contributed by atoms with E-state index in [0.717, 1.165) is 43.8 Å². The van der Waals surface area contributed by atoms with Crippen molar-refractivity contribution in [3.05, 3.63) is 53.1 Å². The second kappa shape index (κ2) is 6.22. The van der Waals surface area contributed by atoms with Crippen LogP contribution in [0.4, 0.5) is 0 Å². The van der Waals surface area contributed by atoms with Crippen LogP contribution < -0.4 is 10.5 Å². The monoisotopic (exact) mass is 283 g/mol. The van der Waals surface area contributed by atoms with E-state index >= 15 is 0 Å². The van der Waals surface area contributed by atoms with Crippen molar-refractivity contribution < 1.29 is 4.74 Å². The smallest absolute Gasteiger partial charge is 0.132 e. The maximum atomic E-state index is 5.77. The zero-order valence-corrected chi connectivity index (χ0v) is 12.4. The largest absolute Gasteiger partial charge is 0.497 e. The highest BCUT2D eigenvalue weighted by atomic mass is 16.5. The van der Waals surface area contributed by atoms with Crippen molar-refractivity contribution in [2.24, 2.45) is 11.7 Å². The van der Waals surface area contributed by atoms with Gasteiger partial charge in [0, 0.05) is 18.3 Å². The standard InChI is InChI=1S/C17H21N3O/c1-21-15-5-2-12(3-6-15)9-17-19-11-14-8-13(10-18)4-7-16(14)20-17/h2-3,5-6,11,13H,4,7-10,18H2,1H3. The third kappa shape index (κ3) is 3.22. The number of hydrogen-bond donors (Lipinski definition) is 1. The number of nitrogens with two attached hydrogens (primary N) is 1. The fourth-order valence-corrected chi connectivity index (χ4v) is 2.84. The van der Waals surface area contributed by atoms with Gasteiger partial charge in [-0.25, -0.2) is 9.97 Å². The minimum Gasteiger partial charge on any atom is -0.497 e. The summed E-state index contributed by atoms with van der Waals surface area (Å²) in [6.45, 7) is 0.757. The van der Waals surface area contributed by atoms with Gasteiger partial charge in [0.05, 0.1) is 7.11 Å². The molecule has 0 radical (unpaired) electrons. The lowest BCUT2D eigenvalue weighted by Crippen LogP contribution is -2.23. The van der Waals surface area contributed by atoms with E-state index in [4.69, 9.17) is 15.5 Å². The van der Waals surface area contributed by atoms with Crippen molar-refractivity contribution in [1.29, 1.82) is 0 Å². The summed E-state index contributed by atoms with van der Waals surface area (Å²) >= 11 is 0. The number of aryl methyl sites for hydroxylation is 1. The van der Waals surface area contributed by atoms with Crippen LogP contribution in [-0.2, 0) is 19.3 Å². The summed E-state index contributed by atoms with van der Waals surface area (Å²) in [5.74, 6) is 2.36. The Morgan fingerprint density at radius 2 is 2.10 bits per heavy atom. The van der Waals surface area contributed by atoms with Crippen LogP contribution in [0.3, 0.4) is 0 Å². The van der Waals surface area contributed by atoms with Gasteiger partial charge in [0.25, 0.3) is 0 Å². The van der Waals surface area contributed by atoms with Crippen molar-refractivity contribution in [3.63, 3.8) is 0 Å². The third-order valence-electron chi connectivity index (χ3n) is 4.16. The van der Waals surface area contributed by atoms with Crippen LogP contribution in [0.5, 0.6) is 5.75 Å². The number of fused-ring (bicyclic) bond motifs is 1. The lowest BCUT2D eigenvalue weighted by Gasteiger charge is -2.22. The van der Waals surface area contributed by atoms with Crippen molar-refractivity contribution in [3.8, 4) is 5.75 Å². The topological polar surface area (TPSA) is 61.0 Å². The van der Waals surface area contributed by atoms with Crippen molar-refractivity contribution in [1.82, 2.24) is 9.97 Å². The van der Waals surface area contributed by atoms with Gasteiger partial charge in [-0.1, -0.05) is 12.1 Å². The molecule has 110 valence electrons. The first-order valence-electron chi connectivity index (χ1n) is 7.45. The molecule has 1 aromatic heterocycles. The van der Waals surface area contributed by atoms with Crippen molar-refractivity contribution in [2.75, 3.05) is 13.7 Å². The highest BCUT2D eigenvalue weighted by Crippen LogP contribution is 2.23. The molecule has 0 amide bonds. The van der Waals surface area contributed by atoms with Gasteiger partial charge >= 0.3 is 0 Å². The zero-order chi connectivity index (χ0) is 14.7. The number of ether oxygens (including phenoxy) is 1. The molecule has 1 aliphatic carbocycles. The normalized spacial score (nSPS) is 17.3. The predicted octanol–water partition coefficient (Wildman–Crippen LogP) is 2.14. The Hall–Kier alpha value is -1.94. The summed E-state index contributed by atoms with van der Waals surface area (Å²) in [7, 11) is 1.68. The molecule has 2 N–H and O–H groups in total. The van der Waals surface area contributed by atoms with Gasteiger partial charge in [0.15, 0.2) is 0 Å². The van der Waals surface area contributed by atoms with Gasteiger partial charge in [-0.2, -0.15) is 0 Å². The second-order valence-corrected chi connectivity index (χ2v) is 5.63. The van der Waals surface area contributed by atoms with E-state index in [1.807, 2.05) is 18.3 Å². The summed E-state index contributed by atoms with van der Waals surface area (Å²) in [5.41, 5.74) is 9.45. The van der Waals surface area contributed by atoms with Gasteiger partial charge in [-0.3, -0.25) is 0 Å². The molecule has 4 heteroatoms. The summed E-state index contributed by atoms with van der Waals surface area (Å²) in [6, 6.07) is 8.07. The Labute approximate surface area is 125 Å². The number of aromatic nitrogens is 2. The fourth-order valence-electron chi connectivity index (χ4n) is 2.84. The number of nitrogens with zero attached hydrogens (tertiary/aromatic N) is 2. The minimum absolute atomic E-state index is 0.591. The molecule has 1 aliphatic rings. The molecule has 1 heterocycles. The van der Waals surface area contributed by atoms with Gasteiger partial charge < -0.3 is 10.5 Å². The van der Waals surface area contributed by atoms with Gasteiger partial charge in [-0.05, 0) is 55.0 Å². The molecule has 2 aromatic rings. The molecule has 1 atom stereocenters. The zero-order valence-electron chi connectivity index (χ0n) is 12.4. The van der Waals surface area contributed by atoms with E-state index in [2.05, 4.69) is 17.1 Å². The average molecular weight is 283 g/mol. The Kier molecular flexibility index (Phi) is 4.15. The third-order valence-corrected chi connectivity index (χ3v) is 4.16. The molecule has 0 saturated carbocycles. The van der Waals surface area contributed by atoms with Crippen LogP contribution in [0.1, 0.15) is 29.1 Å². The first-order chi connectivity index (χ1) is 10.3. The first kappa shape index (κ1) is 14.0. The lowest BCUT2D eigenvalue weighted by atomic mass is 9.87. The second-order valence-electron chi connectivity index (χ2n) is 5.63. The number of benzene rings is 1. The van der Waals surface area contributed by atoms with Crippen molar-refractivity contribution >= 4 is 0 Å². The number of hydrogen-bond acceptors (Lipinski definition) is 4. The SMILES string of the molecule is COc1ccc(Cc2ncc3c(n2)CCC(CN)C3)cc1. The van der Waals surface area contributed by atoms with Crippen molar-refractivity contribution in [2.45, 2.75) is 25.7 Å². The van der Waals surface area contributed by atoms with E-state index in [-0.39, 0.29) is 0 Å². The molecule has 3 rings (SSSR count). The van der Waals surface area contributed by atoms with E-state index in [0.29, 0.717) is 5.92 Å². The van der Waals surface area contributed by atoms with Crippen LogP contribution in [0.25, 0.3) is 0 Å². The molecule has 0 bridgehead atoms. The van der Waals surface area contributed by atoms with Gasteiger partial charge in [-0.15, -0.1) is 0 Å². The Morgan fingerprint density at radius 1 is 1.29 bits per heavy atom. The molecule has 4 nitrogen and oxygen atoms in total. The van der Waals surface area contributed by atoms with Crippen LogP contribution >= 0.6 is 0 Å². The maximum absolute atomic E-state index is 5.77. The number of rotatable bonds is 4. The Bertz CT molecular complexity index is 610. The Morgan fingerprint density at radius 3 is 2.81 bits per heavy atom. The van der Waals surface area contributed by atoms with Gasteiger partial charge in [0.1, 0.15) is 11.6 Å². The predicted molar refractivity (Wildman–Crippen MR) is 82.4 cm³/mol. The van der Waals surface area contributed by atoms with Crippen LogP contribution in [0.2, 0.25) is 0 Å². The van der Waals surface area contributed by atoms with E-state index in [9.17, 15) is 0 Å². The van der Waals surface area contributed by atoms with E-state index < -0.39 is 0 Å². The first-order valence-corrected chi connectivity index (χ1v) is 7.45. The molecule has 0 spiro atoms. The molecule has 21 heavy (non-hydrogen) atoms. The van der Waals surface area contributed by atoms with Crippen LogP contribution in [-0.4, -0.2) is 23.6 Å². The summed E-state index contributed by atoms with van der Waals surface area (Å²) in [6.07, 6.45) is 5.94. The van der Waals surface area contributed by atoms with Crippen LogP contribution in [0, 0.1) is 5.92 Å². The molecule has 1 aromatic carbocycles. The highest BCUT2D eigenvalue weighted by Gasteiger charge is 2.19. The maximum Gasteiger partial charge on any atom is 0.132 e. The Balaban J connectivity index is 1.74.